The molecule has 0 radical (unpaired) electrons. The SMILES string of the molecule is O=C(NCc1cccc(F)c1)[C@H](C1CCCC1)N1CCN(C(=O)Cc2cccs2)CC1. The Morgan fingerprint density at radius 3 is 2.55 bits per heavy atom. The number of rotatable bonds is 7. The van der Waals surface area contributed by atoms with E-state index < -0.39 is 0 Å². The molecular formula is C24H30FN3O2S. The third-order valence-electron chi connectivity index (χ3n) is 6.44. The highest BCUT2D eigenvalue weighted by Crippen LogP contribution is 2.31. The highest BCUT2D eigenvalue weighted by Gasteiger charge is 2.37. The highest BCUT2D eigenvalue weighted by atomic mass is 32.1. The molecule has 1 aliphatic carbocycles. The quantitative estimate of drug-likeness (QED) is 0.713. The summed E-state index contributed by atoms with van der Waals surface area (Å²) >= 11 is 1.61. The maximum Gasteiger partial charge on any atom is 0.237 e. The van der Waals surface area contributed by atoms with E-state index >= 15 is 0 Å². The normalized spacial score (nSPS) is 18.8. The summed E-state index contributed by atoms with van der Waals surface area (Å²) in [6.07, 6.45) is 4.91. The number of piperazine rings is 1. The van der Waals surface area contributed by atoms with Gasteiger partial charge >= 0.3 is 0 Å². The molecule has 1 atom stereocenters. The molecule has 1 aliphatic heterocycles. The molecule has 0 spiro atoms. The van der Waals surface area contributed by atoms with Crippen molar-refractivity contribution in [1.29, 1.82) is 0 Å². The van der Waals surface area contributed by atoms with Gasteiger partial charge in [-0.3, -0.25) is 14.5 Å². The fourth-order valence-corrected chi connectivity index (χ4v) is 5.51. The predicted molar refractivity (Wildman–Crippen MR) is 120 cm³/mol. The summed E-state index contributed by atoms with van der Waals surface area (Å²) in [5.74, 6) is 0.243. The van der Waals surface area contributed by atoms with Gasteiger partial charge in [-0.05, 0) is 47.9 Å². The summed E-state index contributed by atoms with van der Waals surface area (Å²) < 4.78 is 13.5. The van der Waals surface area contributed by atoms with E-state index in [1.165, 1.54) is 12.1 Å². The zero-order chi connectivity index (χ0) is 21.6. The third kappa shape index (κ3) is 5.71. The number of thiophene rings is 1. The van der Waals surface area contributed by atoms with E-state index in [0.717, 1.165) is 36.1 Å². The molecule has 2 amide bonds. The summed E-state index contributed by atoms with van der Waals surface area (Å²) in [5, 5.41) is 5.03. The first kappa shape index (κ1) is 22.0. The zero-order valence-electron chi connectivity index (χ0n) is 17.8. The van der Waals surface area contributed by atoms with Crippen molar-refractivity contribution in [2.45, 2.75) is 44.7 Å². The number of benzene rings is 1. The largest absolute Gasteiger partial charge is 0.351 e. The van der Waals surface area contributed by atoms with E-state index in [1.54, 1.807) is 17.4 Å². The van der Waals surface area contributed by atoms with Crippen LogP contribution in [0.1, 0.15) is 36.1 Å². The maximum atomic E-state index is 13.5. The molecule has 166 valence electrons. The molecule has 4 rings (SSSR count). The lowest BCUT2D eigenvalue weighted by Crippen LogP contribution is -2.58. The minimum atomic E-state index is -0.289. The van der Waals surface area contributed by atoms with Gasteiger partial charge in [-0.25, -0.2) is 4.39 Å². The summed E-state index contributed by atoms with van der Waals surface area (Å²) in [6, 6.07) is 10.2. The van der Waals surface area contributed by atoms with E-state index in [9.17, 15) is 14.0 Å². The average molecular weight is 444 g/mol. The summed E-state index contributed by atoms with van der Waals surface area (Å²) in [5.41, 5.74) is 0.766. The lowest BCUT2D eigenvalue weighted by Gasteiger charge is -2.40. The fourth-order valence-electron chi connectivity index (χ4n) is 4.82. The number of amides is 2. The van der Waals surface area contributed by atoms with E-state index in [0.29, 0.717) is 45.1 Å². The minimum absolute atomic E-state index is 0.0227. The van der Waals surface area contributed by atoms with Gasteiger partial charge in [0.05, 0.1) is 12.5 Å². The van der Waals surface area contributed by atoms with Gasteiger partial charge in [0.1, 0.15) is 5.82 Å². The highest BCUT2D eigenvalue weighted by molar-refractivity contribution is 7.10. The maximum absolute atomic E-state index is 13.5. The standard InChI is InChI=1S/C24H30FN3O2S/c25-20-8-3-5-18(15-20)17-26-24(30)23(19-6-1-2-7-19)28-12-10-27(11-13-28)22(29)16-21-9-4-14-31-21/h3-5,8-9,14-15,19,23H,1-2,6-7,10-13,16-17H2,(H,26,30)/t23-/m0/s1. The van der Waals surface area contributed by atoms with Gasteiger partial charge in [0.25, 0.3) is 0 Å². The fraction of sp³-hybridized carbons (Fsp3) is 0.500. The summed E-state index contributed by atoms with van der Waals surface area (Å²) in [7, 11) is 0. The van der Waals surface area contributed by atoms with Crippen molar-refractivity contribution < 1.29 is 14.0 Å². The van der Waals surface area contributed by atoms with Crippen molar-refractivity contribution in [3.63, 3.8) is 0 Å². The number of nitrogens with one attached hydrogen (secondary N) is 1. The topological polar surface area (TPSA) is 52.7 Å². The molecule has 2 aliphatic rings. The molecule has 5 nitrogen and oxygen atoms in total. The van der Waals surface area contributed by atoms with Crippen LogP contribution >= 0.6 is 11.3 Å². The van der Waals surface area contributed by atoms with Crippen LogP contribution in [0.5, 0.6) is 0 Å². The van der Waals surface area contributed by atoms with Crippen LogP contribution < -0.4 is 5.32 Å². The molecule has 1 saturated carbocycles. The molecule has 1 saturated heterocycles. The first-order valence-corrected chi connectivity index (χ1v) is 12.0. The average Bonchev–Trinajstić information content (AvgIpc) is 3.48. The van der Waals surface area contributed by atoms with Crippen molar-refractivity contribution in [1.82, 2.24) is 15.1 Å². The Balaban J connectivity index is 1.35. The van der Waals surface area contributed by atoms with Crippen LogP contribution in [0.25, 0.3) is 0 Å². The van der Waals surface area contributed by atoms with Gasteiger partial charge in [0.2, 0.25) is 11.8 Å². The van der Waals surface area contributed by atoms with Crippen LogP contribution in [0.4, 0.5) is 4.39 Å². The number of halogens is 1. The number of carbonyl (C=O) groups is 2. The summed E-state index contributed by atoms with van der Waals surface area (Å²) in [6.45, 7) is 3.07. The smallest absolute Gasteiger partial charge is 0.237 e. The van der Waals surface area contributed by atoms with Crippen molar-refractivity contribution in [2.75, 3.05) is 26.2 Å². The van der Waals surface area contributed by atoms with Gasteiger partial charge in [-0.15, -0.1) is 11.3 Å². The molecule has 2 fully saturated rings. The van der Waals surface area contributed by atoms with Gasteiger partial charge < -0.3 is 10.2 Å². The van der Waals surface area contributed by atoms with Crippen LogP contribution in [0.2, 0.25) is 0 Å². The van der Waals surface area contributed by atoms with Crippen molar-refractivity contribution in [3.8, 4) is 0 Å². The van der Waals surface area contributed by atoms with Crippen molar-refractivity contribution in [2.24, 2.45) is 5.92 Å². The molecule has 0 bridgehead atoms. The molecule has 2 aromatic rings. The molecule has 7 heteroatoms. The molecule has 31 heavy (non-hydrogen) atoms. The Kier molecular flexibility index (Phi) is 7.35. The lowest BCUT2D eigenvalue weighted by atomic mass is 9.95. The zero-order valence-corrected chi connectivity index (χ0v) is 18.6. The Labute approximate surface area is 187 Å². The van der Waals surface area contributed by atoms with Crippen LogP contribution in [0.3, 0.4) is 0 Å². The third-order valence-corrected chi connectivity index (χ3v) is 7.31. The molecule has 1 aromatic heterocycles. The monoisotopic (exact) mass is 443 g/mol. The van der Waals surface area contributed by atoms with Crippen LogP contribution in [-0.4, -0.2) is 53.8 Å². The van der Waals surface area contributed by atoms with E-state index in [2.05, 4.69) is 10.2 Å². The Morgan fingerprint density at radius 1 is 1.10 bits per heavy atom. The lowest BCUT2D eigenvalue weighted by molar-refractivity contribution is -0.134. The van der Waals surface area contributed by atoms with E-state index in [4.69, 9.17) is 0 Å². The molecule has 0 unspecified atom stereocenters. The second-order valence-corrected chi connectivity index (χ2v) is 9.54. The van der Waals surface area contributed by atoms with Crippen LogP contribution in [0.15, 0.2) is 41.8 Å². The second-order valence-electron chi connectivity index (χ2n) is 8.51. The van der Waals surface area contributed by atoms with E-state index in [1.807, 2.05) is 28.5 Å². The minimum Gasteiger partial charge on any atom is -0.351 e. The van der Waals surface area contributed by atoms with Crippen LogP contribution in [0, 0.1) is 11.7 Å². The number of hydrogen-bond donors (Lipinski definition) is 1. The van der Waals surface area contributed by atoms with Gasteiger partial charge in [-0.1, -0.05) is 31.0 Å². The number of nitrogens with zero attached hydrogens (tertiary/aromatic N) is 2. The van der Waals surface area contributed by atoms with E-state index in [-0.39, 0.29) is 23.7 Å². The van der Waals surface area contributed by atoms with Crippen molar-refractivity contribution >= 4 is 23.2 Å². The number of carbonyl (C=O) groups excluding carboxylic acids is 2. The molecule has 1 aromatic carbocycles. The van der Waals surface area contributed by atoms with Crippen molar-refractivity contribution in [3.05, 3.63) is 58.0 Å². The Hall–Kier alpha value is -2.25. The first-order valence-electron chi connectivity index (χ1n) is 11.2. The molecule has 2 heterocycles. The molecular weight excluding hydrogens is 413 g/mol. The van der Waals surface area contributed by atoms with Gasteiger partial charge in [0.15, 0.2) is 0 Å². The number of hydrogen-bond acceptors (Lipinski definition) is 4. The van der Waals surface area contributed by atoms with Crippen LogP contribution in [-0.2, 0) is 22.6 Å². The summed E-state index contributed by atoms with van der Waals surface area (Å²) in [4.78, 5) is 31.1. The van der Waals surface area contributed by atoms with Gasteiger partial charge in [0, 0.05) is 37.6 Å². The molecule has 1 N–H and O–H groups in total. The Morgan fingerprint density at radius 2 is 1.87 bits per heavy atom. The Bertz CT molecular complexity index is 875. The second kappa shape index (κ2) is 10.4. The first-order chi connectivity index (χ1) is 15.1. The predicted octanol–water partition coefficient (Wildman–Crippen LogP) is 3.45. The van der Waals surface area contributed by atoms with Gasteiger partial charge in [-0.2, -0.15) is 0 Å².